The molecule has 4 rings (SSSR count). The van der Waals surface area contributed by atoms with Crippen LogP contribution in [0.15, 0.2) is 76.0 Å². The summed E-state index contributed by atoms with van der Waals surface area (Å²) >= 11 is 0. The molecule has 1 heterocycles. The molecule has 0 aliphatic rings. The monoisotopic (exact) mass is 465 g/mol. The first-order chi connectivity index (χ1) is 15.8. The Hall–Kier alpha value is -3.85. The van der Waals surface area contributed by atoms with Crippen molar-refractivity contribution in [1.82, 2.24) is 10.2 Å². The topological polar surface area (TPSA) is 94.8 Å². The second kappa shape index (κ2) is 8.95. The van der Waals surface area contributed by atoms with Crippen LogP contribution < -0.4 is 13.8 Å². The Labute approximate surface area is 192 Å². The summed E-state index contributed by atoms with van der Waals surface area (Å²) in [6.45, 7) is 1.75. The third-order valence-corrected chi connectivity index (χ3v) is 7.18. The van der Waals surface area contributed by atoms with E-state index in [4.69, 9.17) is 13.9 Å². The Morgan fingerprint density at radius 1 is 0.818 bits per heavy atom. The van der Waals surface area contributed by atoms with Crippen molar-refractivity contribution in [2.45, 2.75) is 11.8 Å². The van der Waals surface area contributed by atoms with Crippen LogP contribution in [0.2, 0.25) is 0 Å². The van der Waals surface area contributed by atoms with Gasteiger partial charge in [0.2, 0.25) is 11.8 Å². The first-order valence-electron chi connectivity index (χ1n) is 10.1. The van der Waals surface area contributed by atoms with Gasteiger partial charge in [-0.3, -0.25) is 4.31 Å². The molecule has 0 radical (unpaired) electrons. The van der Waals surface area contributed by atoms with E-state index in [0.717, 1.165) is 0 Å². The normalized spacial score (nSPS) is 11.3. The van der Waals surface area contributed by atoms with Crippen LogP contribution in [0.4, 0.5) is 5.69 Å². The Kier molecular flexibility index (Phi) is 6.06. The number of anilines is 1. The van der Waals surface area contributed by atoms with Crippen LogP contribution in [-0.4, -0.2) is 39.9 Å². The molecule has 170 valence electrons. The minimum Gasteiger partial charge on any atom is -0.493 e. The molecule has 0 unspecified atom stereocenters. The van der Waals surface area contributed by atoms with Gasteiger partial charge in [0, 0.05) is 18.2 Å². The number of nitrogens with zero attached hydrogens (tertiary/aromatic N) is 3. The fourth-order valence-corrected chi connectivity index (χ4v) is 4.81. The average Bonchev–Trinajstić information content (AvgIpc) is 3.34. The van der Waals surface area contributed by atoms with E-state index in [1.165, 1.54) is 11.4 Å². The van der Waals surface area contributed by atoms with Crippen molar-refractivity contribution < 1.29 is 22.3 Å². The van der Waals surface area contributed by atoms with Gasteiger partial charge in [-0.15, -0.1) is 10.2 Å². The number of benzene rings is 3. The number of para-hydroxylation sites is 1. The van der Waals surface area contributed by atoms with E-state index in [1.54, 1.807) is 81.8 Å². The van der Waals surface area contributed by atoms with Crippen molar-refractivity contribution in [3.05, 3.63) is 72.3 Å². The van der Waals surface area contributed by atoms with Gasteiger partial charge in [0.05, 0.1) is 24.8 Å². The van der Waals surface area contributed by atoms with Crippen molar-refractivity contribution in [1.29, 1.82) is 0 Å². The highest BCUT2D eigenvalue weighted by atomic mass is 32.2. The molecule has 0 N–H and O–H groups in total. The van der Waals surface area contributed by atoms with E-state index in [-0.39, 0.29) is 16.7 Å². The summed E-state index contributed by atoms with van der Waals surface area (Å²) in [4.78, 5) is 0.164. The molecule has 3 aromatic carbocycles. The van der Waals surface area contributed by atoms with Crippen LogP contribution in [-0.2, 0) is 10.0 Å². The van der Waals surface area contributed by atoms with Crippen LogP contribution >= 0.6 is 0 Å². The summed E-state index contributed by atoms with van der Waals surface area (Å²) < 4.78 is 44.3. The van der Waals surface area contributed by atoms with Crippen LogP contribution in [0.3, 0.4) is 0 Å². The molecule has 0 amide bonds. The maximum atomic E-state index is 13.3. The molecule has 4 aromatic rings. The number of aromatic nitrogens is 2. The van der Waals surface area contributed by atoms with E-state index in [2.05, 4.69) is 10.2 Å². The summed E-state index contributed by atoms with van der Waals surface area (Å²) in [7, 11) is 0.824. The van der Waals surface area contributed by atoms with E-state index in [9.17, 15) is 8.42 Å². The van der Waals surface area contributed by atoms with Gasteiger partial charge in [-0.05, 0) is 55.0 Å². The molecule has 0 fully saturated rings. The van der Waals surface area contributed by atoms with Gasteiger partial charge in [-0.25, -0.2) is 8.42 Å². The molecule has 0 spiro atoms. The molecule has 0 atom stereocenters. The molecule has 8 nitrogen and oxygen atoms in total. The van der Waals surface area contributed by atoms with E-state index in [0.29, 0.717) is 33.9 Å². The van der Waals surface area contributed by atoms with Crippen molar-refractivity contribution in [2.24, 2.45) is 0 Å². The third kappa shape index (κ3) is 4.27. The largest absolute Gasteiger partial charge is 0.493 e. The van der Waals surface area contributed by atoms with Gasteiger partial charge in [0.1, 0.15) is 0 Å². The lowest BCUT2D eigenvalue weighted by atomic mass is 10.1. The van der Waals surface area contributed by atoms with E-state index in [1.807, 2.05) is 6.07 Å². The molecule has 1 aromatic heterocycles. The van der Waals surface area contributed by atoms with Gasteiger partial charge in [-0.2, -0.15) is 0 Å². The standard InChI is InChI=1S/C24H23N3O5S/c1-16-10-11-18(15-22(16)33(28,29)27(2)19-8-6-5-7-9-19)24-26-25-23(32-24)17-12-13-20(30-3)21(14-17)31-4/h5-15H,1-4H3. The fourth-order valence-electron chi connectivity index (χ4n) is 3.36. The number of aryl methyl sites for hydroxylation is 1. The summed E-state index contributed by atoms with van der Waals surface area (Å²) in [5.41, 5.74) is 2.33. The number of sulfonamides is 1. The van der Waals surface area contributed by atoms with Gasteiger partial charge >= 0.3 is 0 Å². The zero-order chi connectivity index (χ0) is 23.6. The van der Waals surface area contributed by atoms with Crippen LogP contribution in [0, 0.1) is 6.92 Å². The molecular formula is C24H23N3O5S. The van der Waals surface area contributed by atoms with Crippen molar-refractivity contribution in [2.75, 3.05) is 25.6 Å². The fraction of sp³-hybridized carbons (Fsp3) is 0.167. The Bertz CT molecular complexity index is 1380. The molecular weight excluding hydrogens is 442 g/mol. The quantitative estimate of drug-likeness (QED) is 0.395. The van der Waals surface area contributed by atoms with E-state index < -0.39 is 10.0 Å². The van der Waals surface area contributed by atoms with Gasteiger partial charge in [-0.1, -0.05) is 24.3 Å². The summed E-state index contributed by atoms with van der Waals surface area (Å²) in [5.74, 6) is 1.59. The van der Waals surface area contributed by atoms with Gasteiger partial charge < -0.3 is 13.9 Å². The molecule has 0 aliphatic heterocycles. The van der Waals surface area contributed by atoms with Crippen molar-refractivity contribution >= 4 is 15.7 Å². The molecule has 33 heavy (non-hydrogen) atoms. The number of methoxy groups -OCH3 is 2. The molecule has 0 bridgehead atoms. The minimum atomic E-state index is -3.80. The average molecular weight is 466 g/mol. The summed E-state index contributed by atoms with van der Waals surface area (Å²) in [6, 6.07) is 19.2. The lowest BCUT2D eigenvalue weighted by molar-refractivity contribution is 0.355. The molecule has 0 saturated carbocycles. The Morgan fingerprint density at radius 2 is 1.42 bits per heavy atom. The predicted octanol–water partition coefficient (Wildman–Crippen LogP) is 4.55. The van der Waals surface area contributed by atoms with Crippen LogP contribution in [0.25, 0.3) is 22.9 Å². The van der Waals surface area contributed by atoms with E-state index >= 15 is 0 Å². The zero-order valence-electron chi connectivity index (χ0n) is 18.6. The number of hydrogen-bond acceptors (Lipinski definition) is 7. The van der Waals surface area contributed by atoms with Crippen molar-refractivity contribution in [3.8, 4) is 34.4 Å². The zero-order valence-corrected chi connectivity index (χ0v) is 19.5. The lowest BCUT2D eigenvalue weighted by Gasteiger charge is -2.20. The summed E-state index contributed by atoms with van der Waals surface area (Å²) in [6.07, 6.45) is 0. The first kappa shape index (κ1) is 22.3. The maximum Gasteiger partial charge on any atom is 0.264 e. The lowest BCUT2D eigenvalue weighted by Crippen LogP contribution is -2.27. The number of ether oxygens (including phenoxy) is 2. The predicted molar refractivity (Wildman–Crippen MR) is 125 cm³/mol. The van der Waals surface area contributed by atoms with Gasteiger partial charge in [0.15, 0.2) is 11.5 Å². The Balaban J connectivity index is 1.70. The van der Waals surface area contributed by atoms with Gasteiger partial charge in [0.25, 0.3) is 10.0 Å². The second-order valence-electron chi connectivity index (χ2n) is 7.27. The van der Waals surface area contributed by atoms with Crippen LogP contribution in [0.1, 0.15) is 5.56 Å². The van der Waals surface area contributed by atoms with Crippen molar-refractivity contribution in [3.63, 3.8) is 0 Å². The smallest absolute Gasteiger partial charge is 0.264 e. The van der Waals surface area contributed by atoms with Crippen LogP contribution in [0.5, 0.6) is 11.5 Å². The highest BCUT2D eigenvalue weighted by Crippen LogP contribution is 2.34. The second-order valence-corrected chi connectivity index (χ2v) is 9.21. The SMILES string of the molecule is COc1ccc(-c2nnc(-c3ccc(C)c(S(=O)(=O)N(C)c4ccccc4)c3)o2)cc1OC. The number of hydrogen-bond donors (Lipinski definition) is 0. The maximum absolute atomic E-state index is 13.3. The molecule has 0 saturated heterocycles. The highest BCUT2D eigenvalue weighted by molar-refractivity contribution is 7.92. The minimum absolute atomic E-state index is 0.164. The molecule has 0 aliphatic carbocycles. The first-order valence-corrected chi connectivity index (χ1v) is 11.5. The highest BCUT2D eigenvalue weighted by Gasteiger charge is 2.25. The molecule has 9 heteroatoms. The number of rotatable bonds is 7. The third-order valence-electron chi connectivity index (χ3n) is 5.25. The summed E-state index contributed by atoms with van der Waals surface area (Å²) in [5, 5.41) is 8.24. The Morgan fingerprint density at radius 3 is 2.06 bits per heavy atom.